The standard InChI is InChI=1S/C12H15BrO2/c1-4-12(2,3)9-5-8(7-14)11(15)10(13)6-9/h5-7,15H,4H2,1-3H3. The van der Waals surface area contributed by atoms with E-state index in [4.69, 9.17) is 0 Å². The highest BCUT2D eigenvalue weighted by Gasteiger charge is 2.20. The average molecular weight is 271 g/mol. The van der Waals surface area contributed by atoms with Gasteiger partial charge in [0.05, 0.1) is 10.0 Å². The third-order valence-corrected chi connectivity index (χ3v) is 3.49. The van der Waals surface area contributed by atoms with Crippen LogP contribution in [0.4, 0.5) is 0 Å². The van der Waals surface area contributed by atoms with Crippen LogP contribution in [0, 0.1) is 0 Å². The van der Waals surface area contributed by atoms with Gasteiger partial charge in [-0.15, -0.1) is 0 Å². The van der Waals surface area contributed by atoms with E-state index < -0.39 is 0 Å². The Morgan fingerprint density at radius 2 is 2.07 bits per heavy atom. The summed E-state index contributed by atoms with van der Waals surface area (Å²) in [5.74, 6) is 0.0145. The van der Waals surface area contributed by atoms with E-state index in [1.54, 1.807) is 6.07 Å². The number of carbonyl (C=O) groups excluding carboxylic acids is 1. The number of aldehydes is 1. The van der Waals surface area contributed by atoms with Gasteiger partial charge in [-0.2, -0.15) is 0 Å². The molecule has 0 saturated carbocycles. The second kappa shape index (κ2) is 4.35. The van der Waals surface area contributed by atoms with Crippen molar-refractivity contribution in [3.63, 3.8) is 0 Å². The topological polar surface area (TPSA) is 37.3 Å². The number of aromatic hydroxyl groups is 1. The summed E-state index contributed by atoms with van der Waals surface area (Å²) >= 11 is 3.25. The van der Waals surface area contributed by atoms with Crippen LogP contribution in [0.25, 0.3) is 0 Å². The lowest BCUT2D eigenvalue weighted by atomic mass is 9.81. The summed E-state index contributed by atoms with van der Waals surface area (Å²) in [4.78, 5) is 10.8. The molecule has 0 amide bonds. The zero-order chi connectivity index (χ0) is 11.6. The van der Waals surface area contributed by atoms with Crippen LogP contribution in [0.1, 0.15) is 43.1 Å². The number of carbonyl (C=O) groups is 1. The summed E-state index contributed by atoms with van der Waals surface area (Å²) < 4.78 is 0.573. The van der Waals surface area contributed by atoms with Crippen molar-refractivity contribution in [1.29, 1.82) is 0 Å². The van der Waals surface area contributed by atoms with Crippen molar-refractivity contribution in [3.05, 3.63) is 27.7 Å². The average Bonchev–Trinajstić information content (AvgIpc) is 2.21. The van der Waals surface area contributed by atoms with Crippen molar-refractivity contribution in [2.75, 3.05) is 0 Å². The molecular weight excluding hydrogens is 256 g/mol. The van der Waals surface area contributed by atoms with Gasteiger partial charge in [-0.3, -0.25) is 4.79 Å². The second-order valence-corrected chi connectivity index (χ2v) is 5.11. The molecule has 3 heteroatoms. The highest BCUT2D eigenvalue weighted by atomic mass is 79.9. The van der Waals surface area contributed by atoms with Gasteiger partial charge in [0.1, 0.15) is 5.75 Å². The van der Waals surface area contributed by atoms with E-state index in [-0.39, 0.29) is 11.2 Å². The fourth-order valence-electron chi connectivity index (χ4n) is 1.31. The molecule has 0 spiro atoms. The lowest BCUT2D eigenvalue weighted by Gasteiger charge is -2.24. The van der Waals surface area contributed by atoms with Crippen LogP contribution in [0.2, 0.25) is 0 Å². The molecule has 0 aliphatic heterocycles. The maximum atomic E-state index is 10.8. The number of rotatable bonds is 3. The third kappa shape index (κ3) is 2.40. The highest BCUT2D eigenvalue weighted by molar-refractivity contribution is 9.10. The minimum atomic E-state index is 0.00792. The van der Waals surface area contributed by atoms with Gasteiger partial charge in [0.25, 0.3) is 0 Å². The van der Waals surface area contributed by atoms with E-state index in [9.17, 15) is 9.90 Å². The predicted molar refractivity (Wildman–Crippen MR) is 64.5 cm³/mol. The van der Waals surface area contributed by atoms with Crippen LogP contribution in [0.3, 0.4) is 0 Å². The Labute approximate surface area is 98.4 Å². The molecule has 0 aromatic heterocycles. The Morgan fingerprint density at radius 3 is 2.53 bits per heavy atom. The maximum absolute atomic E-state index is 10.8. The quantitative estimate of drug-likeness (QED) is 0.852. The number of benzene rings is 1. The molecule has 0 unspecified atom stereocenters. The molecule has 0 aliphatic carbocycles. The monoisotopic (exact) mass is 270 g/mol. The van der Waals surface area contributed by atoms with Gasteiger partial charge in [0, 0.05) is 0 Å². The van der Waals surface area contributed by atoms with Gasteiger partial charge in [0.15, 0.2) is 6.29 Å². The smallest absolute Gasteiger partial charge is 0.153 e. The fraction of sp³-hybridized carbons (Fsp3) is 0.417. The van der Waals surface area contributed by atoms with Crippen molar-refractivity contribution in [2.24, 2.45) is 0 Å². The lowest BCUT2D eigenvalue weighted by molar-refractivity contribution is 0.112. The summed E-state index contributed by atoms with van der Waals surface area (Å²) in [6.07, 6.45) is 1.65. The second-order valence-electron chi connectivity index (χ2n) is 4.25. The molecule has 1 rings (SSSR count). The van der Waals surface area contributed by atoms with E-state index in [2.05, 4.69) is 36.7 Å². The number of phenolic OH excluding ortho intramolecular Hbond substituents is 1. The lowest BCUT2D eigenvalue weighted by Crippen LogP contribution is -2.15. The Kier molecular flexibility index (Phi) is 3.55. The first-order chi connectivity index (χ1) is 6.92. The molecule has 15 heavy (non-hydrogen) atoms. The zero-order valence-corrected chi connectivity index (χ0v) is 10.8. The minimum Gasteiger partial charge on any atom is -0.506 e. The van der Waals surface area contributed by atoms with Crippen LogP contribution >= 0.6 is 15.9 Å². The van der Waals surface area contributed by atoms with Crippen molar-refractivity contribution in [1.82, 2.24) is 0 Å². The number of hydrogen-bond acceptors (Lipinski definition) is 2. The molecule has 0 saturated heterocycles. The van der Waals surface area contributed by atoms with Gasteiger partial charge < -0.3 is 5.11 Å². The zero-order valence-electron chi connectivity index (χ0n) is 9.17. The summed E-state index contributed by atoms with van der Waals surface area (Å²) in [6.45, 7) is 6.32. The molecule has 2 nitrogen and oxygen atoms in total. The normalized spacial score (nSPS) is 11.5. The van der Waals surface area contributed by atoms with Gasteiger partial charge in [-0.25, -0.2) is 0 Å². The largest absolute Gasteiger partial charge is 0.506 e. The Bertz CT molecular complexity index is 383. The molecule has 1 aromatic rings. The highest BCUT2D eigenvalue weighted by Crippen LogP contribution is 2.35. The molecule has 0 radical (unpaired) electrons. The molecule has 0 fully saturated rings. The molecule has 0 bridgehead atoms. The molecule has 0 aliphatic rings. The Balaban J connectivity index is 3.34. The summed E-state index contributed by atoms with van der Waals surface area (Å²) in [6, 6.07) is 3.61. The first-order valence-corrected chi connectivity index (χ1v) is 5.70. The van der Waals surface area contributed by atoms with Gasteiger partial charge >= 0.3 is 0 Å². The Morgan fingerprint density at radius 1 is 1.47 bits per heavy atom. The van der Waals surface area contributed by atoms with Gasteiger partial charge in [-0.1, -0.05) is 20.8 Å². The van der Waals surface area contributed by atoms with Crippen LogP contribution in [-0.2, 0) is 5.41 Å². The maximum Gasteiger partial charge on any atom is 0.153 e. The molecule has 82 valence electrons. The Hall–Kier alpha value is -0.830. The van der Waals surface area contributed by atoms with Crippen molar-refractivity contribution in [3.8, 4) is 5.75 Å². The van der Waals surface area contributed by atoms with Gasteiger partial charge in [-0.05, 0) is 45.5 Å². The van der Waals surface area contributed by atoms with Crippen molar-refractivity contribution >= 4 is 22.2 Å². The molecule has 0 atom stereocenters. The number of halogens is 1. The minimum absolute atomic E-state index is 0.00792. The van der Waals surface area contributed by atoms with Crippen LogP contribution in [0.5, 0.6) is 5.75 Å². The number of hydrogen-bond donors (Lipinski definition) is 1. The third-order valence-electron chi connectivity index (χ3n) is 2.89. The SMILES string of the molecule is CCC(C)(C)c1cc(Br)c(O)c(C=O)c1. The molecule has 1 aromatic carbocycles. The summed E-state index contributed by atoms with van der Waals surface area (Å²) in [5, 5.41) is 9.58. The molecular formula is C12H15BrO2. The van der Waals surface area contributed by atoms with Crippen molar-refractivity contribution in [2.45, 2.75) is 32.6 Å². The first kappa shape index (κ1) is 12.2. The molecule has 1 N–H and O–H groups in total. The fourth-order valence-corrected chi connectivity index (χ4v) is 1.78. The predicted octanol–water partition coefficient (Wildman–Crippen LogP) is 3.65. The van der Waals surface area contributed by atoms with Crippen LogP contribution in [-0.4, -0.2) is 11.4 Å². The summed E-state index contributed by atoms with van der Waals surface area (Å²) in [5.41, 5.74) is 1.39. The van der Waals surface area contributed by atoms with Crippen molar-refractivity contribution < 1.29 is 9.90 Å². The van der Waals surface area contributed by atoms with E-state index in [0.29, 0.717) is 16.3 Å². The molecule has 0 heterocycles. The van der Waals surface area contributed by atoms with E-state index in [1.165, 1.54) is 0 Å². The van der Waals surface area contributed by atoms with E-state index in [0.717, 1.165) is 12.0 Å². The first-order valence-electron chi connectivity index (χ1n) is 4.90. The number of phenols is 1. The van der Waals surface area contributed by atoms with Gasteiger partial charge in [0.2, 0.25) is 0 Å². The van der Waals surface area contributed by atoms with Crippen LogP contribution < -0.4 is 0 Å². The van der Waals surface area contributed by atoms with E-state index >= 15 is 0 Å². The van der Waals surface area contributed by atoms with Crippen LogP contribution in [0.15, 0.2) is 16.6 Å². The van der Waals surface area contributed by atoms with E-state index in [1.807, 2.05) is 6.07 Å². The summed E-state index contributed by atoms with van der Waals surface area (Å²) in [7, 11) is 0.